The summed E-state index contributed by atoms with van der Waals surface area (Å²) < 4.78 is 0. The highest BCUT2D eigenvalue weighted by molar-refractivity contribution is 7.11. The van der Waals surface area contributed by atoms with E-state index in [1.807, 2.05) is 6.20 Å². The molecule has 0 unspecified atom stereocenters. The Hall–Kier alpha value is -0.940. The van der Waals surface area contributed by atoms with Gasteiger partial charge in [0.2, 0.25) is 5.91 Å². The molecular weight excluding hydrogens is 210 g/mol. The fraction of sp³-hybridized carbons (Fsp3) is 0.600. The molecule has 0 saturated heterocycles. The molecule has 1 rings (SSSR count). The van der Waals surface area contributed by atoms with Crippen molar-refractivity contribution in [1.29, 1.82) is 0 Å². The summed E-state index contributed by atoms with van der Waals surface area (Å²) in [6.07, 6.45) is 1.89. The lowest BCUT2D eigenvalue weighted by molar-refractivity contribution is -0.119. The first-order valence-electron chi connectivity index (χ1n) is 4.98. The number of primary amides is 1. The van der Waals surface area contributed by atoms with Crippen molar-refractivity contribution in [1.82, 2.24) is 10.3 Å². The van der Waals surface area contributed by atoms with Crippen molar-refractivity contribution in [2.75, 3.05) is 0 Å². The number of amides is 1. The summed E-state index contributed by atoms with van der Waals surface area (Å²) in [5.41, 5.74) is 5.14. The smallest absolute Gasteiger partial charge is 0.234 e. The maximum absolute atomic E-state index is 10.8. The molecule has 0 fully saturated rings. The van der Waals surface area contributed by atoms with Gasteiger partial charge in [0.25, 0.3) is 0 Å². The van der Waals surface area contributed by atoms with E-state index in [9.17, 15) is 4.79 Å². The second kappa shape index (κ2) is 5.23. The lowest BCUT2D eigenvalue weighted by Gasteiger charge is -2.07. The van der Waals surface area contributed by atoms with Gasteiger partial charge < -0.3 is 5.73 Å². The van der Waals surface area contributed by atoms with E-state index in [4.69, 9.17) is 5.73 Å². The Bertz CT molecular complexity index is 335. The zero-order valence-electron chi connectivity index (χ0n) is 9.28. The Morgan fingerprint density at radius 2 is 2.27 bits per heavy atom. The molecule has 1 aromatic heterocycles. The number of nitrogens with two attached hydrogens (primary N) is 1. The third-order valence-corrected chi connectivity index (χ3v) is 3.42. The molecule has 15 heavy (non-hydrogen) atoms. The quantitative estimate of drug-likeness (QED) is 0.795. The number of rotatable bonds is 5. The van der Waals surface area contributed by atoms with Crippen LogP contribution in [-0.2, 0) is 11.3 Å². The molecule has 0 radical (unpaired) electrons. The third kappa shape index (κ3) is 3.60. The van der Waals surface area contributed by atoms with Gasteiger partial charge in [0.15, 0.2) is 0 Å². The number of carbonyl (C=O) groups excluding carboxylic acids is 1. The molecule has 0 spiro atoms. The highest BCUT2D eigenvalue weighted by Crippen LogP contribution is 2.21. The first kappa shape index (κ1) is 12.1. The summed E-state index contributed by atoms with van der Waals surface area (Å²) >= 11 is 1.67. The number of carbonyl (C=O) groups is 1. The summed E-state index contributed by atoms with van der Waals surface area (Å²) in [6, 6.07) is -0.309. The average Bonchev–Trinajstić information content (AvgIpc) is 2.62. The van der Waals surface area contributed by atoms with Gasteiger partial charge in [0.1, 0.15) is 5.01 Å². The van der Waals surface area contributed by atoms with Crippen LogP contribution in [0.1, 0.15) is 36.6 Å². The van der Waals surface area contributed by atoms with E-state index in [0.717, 1.165) is 5.01 Å². The van der Waals surface area contributed by atoms with Crippen LogP contribution >= 0.6 is 11.3 Å². The second-order valence-corrected chi connectivity index (χ2v) is 4.96. The summed E-state index contributed by atoms with van der Waals surface area (Å²) in [4.78, 5) is 16.3. The van der Waals surface area contributed by atoms with Gasteiger partial charge in [-0.05, 0) is 12.8 Å². The second-order valence-electron chi connectivity index (χ2n) is 3.82. The molecule has 3 N–H and O–H groups in total. The number of aromatic nitrogens is 1. The lowest BCUT2D eigenvalue weighted by Crippen LogP contribution is -2.38. The van der Waals surface area contributed by atoms with Gasteiger partial charge in [-0.2, -0.15) is 0 Å². The topological polar surface area (TPSA) is 68.0 Å². The summed E-state index contributed by atoms with van der Waals surface area (Å²) in [5, 5.41) is 4.02. The molecule has 84 valence electrons. The van der Waals surface area contributed by atoms with Crippen molar-refractivity contribution >= 4 is 17.2 Å². The minimum Gasteiger partial charge on any atom is -0.368 e. The molecule has 0 aliphatic carbocycles. The molecule has 1 aromatic rings. The van der Waals surface area contributed by atoms with E-state index < -0.39 is 0 Å². The van der Waals surface area contributed by atoms with E-state index in [1.165, 1.54) is 4.88 Å². The van der Waals surface area contributed by atoms with Crippen LogP contribution < -0.4 is 11.1 Å². The molecule has 4 nitrogen and oxygen atoms in total. The number of thiazole rings is 1. The Kier molecular flexibility index (Phi) is 4.23. The van der Waals surface area contributed by atoms with E-state index in [1.54, 1.807) is 18.3 Å². The van der Waals surface area contributed by atoms with Gasteiger partial charge in [-0.15, -0.1) is 11.3 Å². The van der Waals surface area contributed by atoms with E-state index in [0.29, 0.717) is 12.5 Å². The zero-order chi connectivity index (χ0) is 11.4. The van der Waals surface area contributed by atoms with Crippen molar-refractivity contribution in [2.45, 2.75) is 39.3 Å². The van der Waals surface area contributed by atoms with Gasteiger partial charge in [0.05, 0.1) is 6.04 Å². The fourth-order valence-electron chi connectivity index (χ4n) is 1.01. The summed E-state index contributed by atoms with van der Waals surface area (Å²) in [7, 11) is 0. The van der Waals surface area contributed by atoms with E-state index >= 15 is 0 Å². The molecule has 0 aliphatic rings. The molecule has 1 atom stereocenters. The van der Waals surface area contributed by atoms with Crippen LogP contribution in [0, 0.1) is 0 Å². The molecular formula is C10H17N3OS. The Balaban J connectivity index is 2.47. The molecule has 0 aromatic carbocycles. The number of nitrogens with zero attached hydrogens (tertiary/aromatic N) is 1. The molecule has 1 amide bonds. The normalized spacial score (nSPS) is 13.1. The Morgan fingerprint density at radius 3 is 2.73 bits per heavy atom. The highest BCUT2D eigenvalue weighted by atomic mass is 32.1. The maximum Gasteiger partial charge on any atom is 0.234 e. The van der Waals surface area contributed by atoms with Crippen molar-refractivity contribution < 1.29 is 4.79 Å². The van der Waals surface area contributed by atoms with E-state index in [-0.39, 0.29) is 11.9 Å². The van der Waals surface area contributed by atoms with Crippen molar-refractivity contribution in [3.05, 3.63) is 16.1 Å². The van der Waals surface area contributed by atoms with Crippen LogP contribution in [0.15, 0.2) is 6.20 Å². The van der Waals surface area contributed by atoms with Crippen molar-refractivity contribution in [3.63, 3.8) is 0 Å². The zero-order valence-corrected chi connectivity index (χ0v) is 10.1. The summed E-state index contributed by atoms with van der Waals surface area (Å²) in [5.74, 6) is 0.167. The third-order valence-electron chi connectivity index (χ3n) is 2.13. The largest absolute Gasteiger partial charge is 0.368 e. The average molecular weight is 227 g/mol. The minimum absolute atomic E-state index is 0.309. The predicted molar refractivity (Wildman–Crippen MR) is 61.7 cm³/mol. The van der Waals surface area contributed by atoms with Crippen LogP contribution in [0.5, 0.6) is 0 Å². The fourth-order valence-corrected chi connectivity index (χ4v) is 1.89. The summed E-state index contributed by atoms with van der Waals surface area (Å²) in [6.45, 7) is 6.62. The van der Waals surface area contributed by atoms with Crippen molar-refractivity contribution in [3.8, 4) is 0 Å². The highest BCUT2D eigenvalue weighted by Gasteiger charge is 2.09. The predicted octanol–water partition coefficient (Wildman–Crippen LogP) is 1.23. The van der Waals surface area contributed by atoms with Gasteiger partial charge in [-0.3, -0.25) is 10.1 Å². The van der Waals surface area contributed by atoms with Crippen molar-refractivity contribution in [2.24, 2.45) is 5.73 Å². The number of nitrogens with one attached hydrogen (secondary N) is 1. The molecule has 0 bridgehead atoms. The minimum atomic E-state index is -0.337. The van der Waals surface area contributed by atoms with Gasteiger partial charge >= 0.3 is 0 Å². The molecule has 5 heteroatoms. The number of hydrogen-bond donors (Lipinski definition) is 2. The lowest BCUT2D eigenvalue weighted by atomic mass is 10.2. The molecule has 0 saturated carbocycles. The molecule has 1 heterocycles. The van der Waals surface area contributed by atoms with Crippen LogP contribution in [0.3, 0.4) is 0 Å². The van der Waals surface area contributed by atoms with Crippen LogP contribution in [0.2, 0.25) is 0 Å². The standard InChI is InChI=1S/C10H17N3OS/c1-6(2)8-4-13-9(15-8)5-12-7(3)10(11)14/h4,6-7,12H,5H2,1-3H3,(H2,11,14)/t7-/m0/s1. The van der Waals surface area contributed by atoms with E-state index in [2.05, 4.69) is 24.1 Å². The van der Waals surface area contributed by atoms with Gasteiger partial charge in [-0.25, -0.2) is 4.98 Å². The SMILES string of the molecule is CC(C)c1cnc(CN[C@@H](C)C(N)=O)s1. The van der Waals surface area contributed by atoms with Crippen LogP contribution in [-0.4, -0.2) is 16.9 Å². The number of hydrogen-bond acceptors (Lipinski definition) is 4. The Morgan fingerprint density at radius 1 is 1.60 bits per heavy atom. The van der Waals surface area contributed by atoms with Gasteiger partial charge in [0, 0.05) is 17.6 Å². The molecule has 0 aliphatic heterocycles. The Labute approximate surface area is 93.9 Å². The monoisotopic (exact) mass is 227 g/mol. The first-order valence-corrected chi connectivity index (χ1v) is 5.79. The maximum atomic E-state index is 10.8. The van der Waals surface area contributed by atoms with Crippen LogP contribution in [0.4, 0.5) is 0 Å². The first-order chi connectivity index (χ1) is 7.00. The van der Waals surface area contributed by atoms with Gasteiger partial charge in [-0.1, -0.05) is 13.8 Å². The van der Waals surface area contributed by atoms with Crippen LogP contribution in [0.25, 0.3) is 0 Å².